The Balaban J connectivity index is 1.72. The van der Waals surface area contributed by atoms with Gasteiger partial charge in [-0.1, -0.05) is 72.8 Å². The second kappa shape index (κ2) is 12.8. The van der Waals surface area contributed by atoms with E-state index in [1.807, 2.05) is 60.7 Å². The third-order valence-corrected chi connectivity index (χ3v) is 6.01. The molecule has 2 atom stereocenters. The Morgan fingerprint density at radius 2 is 1.42 bits per heavy atom. The van der Waals surface area contributed by atoms with Gasteiger partial charge in [-0.15, -0.1) is 0 Å². The van der Waals surface area contributed by atoms with E-state index >= 15 is 8.78 Å². The number of carbonyl (C=O) groups excluding carboxylic acids is 2. The first-order chi connectivity index (χ1) is 17.9. The van der Waals surface area contributed by atoms with E-state index in [-0.39, 0.29) is 12.0 Å². The zero-order chi connectivity index (χ0) is 27.8. The van der Waals surface area contributed by atoms with Gasteiger partial charge in [0.2, 0.25) is 0 Å². The van der Waals surface area contributed by atoms with Crippen molar-refractivity contribution < 1.29 is 28.2 Å². The SMILES string of the molecule is CC(C)(C)OC(=O)CC(NC(=O)c1ccc(-c2ccccc2)cc1)C(O)C(F)(F)CCCc1ccccc1. The van der Waals surface area contributed by atoms with E-state index in [9.17, 15) is 14.7 Å². The van der Waals surface area contributed by atoms with Crippen LogP contribution in [0.2, 0.25) is 0 Å². The van der Waals surface area contributed by atoms with Gasteiger partial charge in [-0.2, -0.15) is 0 Å². The summed E-state index contributed by atoms with van der Waals surface area (Å²) in [6.07, 6.45) is -2.93. The predicted molar refractivity (Wildman–Crippen MR) is 144 cm³/mol. The van der Waals surface area contributed by atoms with Gasteiger partial charge in [-0.05, 0) is 62.4 Å². The highest BCUT2D eigenvalue weighted by Gasteiger charge is 2.44. The molecular weight excluding hydrogens is 488 g/mol. The van der Waals surface area contributed by atoms with Gasteiger partial charge in [0.1, 0.15) is 11.7 Å². The zero-order valence-corrected chi connectivity index (χ0v) is 22.0. The quantitative estimate of drug-likeness (QED) is 0.293. The molecule has 0 heterocycles. The number of hydrogen-bond acceptors (Lipinski definition) is 4. The van der Waals surface area contributed by atoms with E-state index in [1.54, 1.807) is 45.0 Å². The van der Waals surface area contributed by atoms with Gasteiger partial charge < -0.3 is 15.2 Å². The number of nitrogens with one attached hydrogen (secondary N) is 1. The first-order valence-electron chi connectivity index (χ1n) is 12.7. The van der Waals surface area contributed by atoms with Gasteiger partial charge in [0.15, 0.2) is 0 Å². The van der Waals surface area contributed by atoms with Crippen LogP contribution >= 0.6 is 0 Å². The summed E-state index contributed by atoms with van der Waals surface area (Å²) in [7, 11) is 0. The molecule has 0 saturated heterocycles. The molecule has 0 aromatic heterocycles. The average Bonchev–Trinajstić information content (AvgIpc) is 2.88. The van der Waals surface area contributed by atoms with Crippen LogP contribution in [0.5, 0.6) is 0 Å². The lowest BCUT2D eigenvalue weighted by atomic mass is 9.95. The molecule has 0 spiro atoms. The largest absolute Gasteiger partial charge is 0.460 e. The molecule has 38 heavy (non-hydrogen) atoms. The van der Waals surface area contributed by atoms with E-state index < -0.39 is 48.4 Å². The molecule has 2 N–H and O–H groups in total. The van der Waals surface area contributed by atoms with Gasteiger partial charge in [0, 0.05) is 12.0 Å². The summed E-state index contributed by atoms with van der Waals surface area (Å²) >= 11 is 0. The summed E-state index contributed by atoms with van der Waals surface area (Å²) in [6.45, 7) is 4.96. The number of benzene rings is 3. The number of halogens is 2. The Kier molecular flexibility index (Phi) is 9.75. The first-order valence-corrected chi connectivity index (χ1v) is 12.7. The Bertz CT molecular complexity index is 1180. The van der Waals surface area contributed by atoms with Crippen molar-refractivity contribution in [1.82, 2.24) is 5.32 Å². The highest BCUT2D eigenvalue weighted by atomic mass is 19.3. The van der Waals surface area contributed by atoms with Gasteiger partial charge in [0.25, 0.3) is 11.8 Å². The normalized spacial score (nSPS) is 13.4. The van der Waals surface area contributed by atoms with Crippen LogP contribution in [0, 0.1) is 0 Å². The molecule has 7 heteroatoms. The highest BCUT2D eigenvalue weighted by Crippen LogP contribution is 2.29. The van der Waals surface area contributed by atoms with Crippen LogP contribution in [0.25, 0.3) is 11.1 Å². The number of esters is 1. The number of rotatable bonds is 11. The van der Waals surface area contributed by atoms with E-state index in [0.717, 1.165) is 16.7 Å². The lowest BCUT2D eigenvalue weighted by Crippen LogP contribution is -2.52. The van der Waals surface area contributed by atoms with Crippen molar-refractivity contribution in [1.29, 1.82) is 0 Å². The van der Waals surface area contributed by atoms with E-state index in [1.165, 1.54) is 0 Å². The molecule has 3 rings (SSSR count). The van der Waals surface area contributed by atoms with Crippen molar-refractivity contribution in [2.75, 3.05) is 0 Å². The number of hydrogen-bond donors (Lipinski definition) is 2. The fourth-order valence-electron chi connectivity index (χ4n) is 4.12. The number of aliphatic hydroxyl groups is 1. The number of aliphatic hydroxyl groups excluding tert-OH is 1. The molecular formula is C31H35F2NO4. The molecule has 0 bridgehead atoms. The molecule has 0 aliphatic carbocycles. The number of alkyl halides is 2. The maximum absolute atomic E-state index is 15.1. The molecule has 3 aromatic rings. The molecule has 2 unspecified atom stereocenters. The van der Waals surface area contributed by atoms with Crippen LogP contribution in [0.4, 0.5) is 8.78 Å². The minimum Gasteiger partial charge on any atom is -0.460 e. The second-order valence-corrected chi connectivity index (χ2v) is 10.4. The van der Waals surface area contributed by atoms with Crippen LogP contribution in [0.3, 0.4) is 0 Å². The fraction of sp³-hybridized carbons (Fsp3) is 0.355. The van der Waals surface area contributed by atoms with Crippen molar-refractivity contribution in [3.8, 4) is 11.1 Å². The van der Waals surface area contributed by atoms with Crippen LogP contribution in [0.15, 0.2) is 84.9 Å². The topological polar surface area (TPSA) is 75.6 Å². The van der Waals surface area contributed by atoms with Crippen molar-refractivity contribution >= 4 is 11.9 Å². The Morgan fingerprint density at radius 3 is 2.00 bits per heavy atom. The summed E-state index contributed by atoms with van der Waals surface area (Å²) in [6, 6.07) is 23.9. The average molecular weight is 524 g/mol. The van der Waals surface area contributed by atoms with Gasteiger partial charge in [-0.3, -0.25) is 9.59 Å². The van der Waals surface area contributed by atoms with Gasteiger partial charge in [-0.25, -0.2) is 8.78 Å². The van der Waals surface area contributed by atoms with Gasteiger partial charge in [0.05, 0.1) is 12.5 Å². The van der Waals surface area contributed by atoms with Crippen LogP contribution < -0.4 is 5.32 Å². The molecule has 1 amide bonds. The van der Waals surface area contributed by atoms with Gasteiger partial charge >= 0.3 is 5.97 Å². The standard InChI is InChI=1S/C31H35F2NO4/c1-30(2,3)38-27(35)21-26(28(36)31(32,33)20-10-13-22-11-6-4-7-12-22)34-29(37)25-18-16-24(17-19-25)23-14-8-5-9-15-23/h4-9,11-12,14-19,26,28,36H,10,13,20-21H2,1-3H3,(H,34,37). The van der Waals surface area contributed by atoms with E-state index in [4.69, 9.17) is 4.74 Å². The maximum Gasteiger partial charge on any atom is 0.308 e. The van der Waals surface area contributed by atoms with E-state index in [0.29, 0.717) is 6.42 Å². The zero-order valence-electron chi connectivity index (χ0n) is 22.0. The molecule has 202 valence electrons. The Hall–Kier alpha value is -3.58. The predicted octanol–water partition coefficient (Wildman–Crippen LogP) is 6.20. The molecule has 5 nitrogen and oxygen atoms in total. The minimum atomic E-state index is -3.54. The highest BCUT2D eigenvalue weighted by molar-refractivity contribution is 5.95. The molecule has 0 fully saturated rings. The summed E-state index contributed by atoms with van der Waals surface area (Å²) in [5.41, 5.74) is 2.14. The third kappa shape index (κ3) is 8.77. The Morgan fingerprint density at radius 1 is 0.868 bits per heavy atom. The van der Waals surface area contributed by atoms with Crippen LogP contribution in [-0.4, -0.2) is 40.7 Å². The number of amides is 1. The minimum absolute atomic E-state index is 0.127. The maximum atomic E-state index is 15.1. The summed E-state index contributed by atoms with van der Waals surface area (Å²) in [5.74, 6) is -5.00. The number of aryl methyl sites for hydroxylation is 1. The van der Waals surface area contributed by atoms with Crippen molar-refractivity contribution in [3.63, 3.8) is 0 Å². The number of ether oxygens (including phenoxy) is 1. The summed E-state index contributed by atoms with van der Waals surface area (Å²) in [5, 5.41) is 13.2. The first kappa shape index (κ1) is 29.0. The third-order valence-electron chi connectivity index (χ3n) is 6.01. The second-order valence-electron chi connectivity index (χ2n) is 10.4. The number of carbonyl (C=O) groups is 2. The van der Waals surface area contributed by atoms with Crippen molar-refractivity contribution in [2.45, 2.75) is 70.1 Å². The van der Waals surface area contributed by atoms with Crippen LogP contribution in [-0.2, 0) is 16.0 Å². The fourth-order valence-corrected chi connectivity index (χ4v) is 4.12. The molecule has 0 saturated carbocycles. The van der Waals surface area contributed by atoms with Crippen molar-refractivity contribution in [2.24, 2.45) is 0 Å². The lowest BCUT2D eigenvalue weighted by Gasteiger charge is -2.31. The Labute approximate surface area is 222 Å². The van der Waals surface area contributed by atoms with Crippen molar-refractivity contribution in [3.05, 3.63) is 96.1 Å². The summed E-state index contributed by atoms with van der Waals surface area (Å²) in [4.78, 5) is 25.5. The monoisotopic (exact) mass is 523 g/mol. The molecule has 0 aliphatic heterocycles. The molecule has 3 aromatic carbocycles. The molecule has 0 aliphatic rings. The lowest BCUT2D eigenvalue weighted by molar-refractivity contribution is -0.160. The molecule has 0 radical (unpaired) electrons. The smallest absolute Gasteiger partial charge is 0.308 e. The summed E-state index contributed by atoms with van der Waals surface area (Å²) < 4.78 is 35.5. The van der Waals surface area contributed by atoms with Crippen LogP contribution in [0.1, 0.15) is 56.0 Å². The van der Waals surface area contributed by atoms with E-state index in [2.05, 4.69) is 5.32 Å².